The molecule has 2 rings (SSSR count). The second-order valence-electron chi connectivity index (χ2n) is 6.86. The zero-order valence-corrected chi connectivity index (χ0v) is 15.4. The number of carbonyl (C=O) groups is 2. The predicted molar refractivity (Wildman–Crippen MR) is 97.4 cm³/mol. The first-order valence-corrected chi connectivity index (χ1v) is 8.83. The minimum absolute atomic E-state index is 0.163. The molecule has 0 saturated carbocycles. The number of aliphatic hydroxyl groups excluding tert-OH is 3. The van der Waals surface area contributed by atoms with Crippen molar-refractivity contribution in [2.45, 2.75) is 44.5 Å². The van der Waals surface area contributed by atoms with Crippen LogP contribution in [0.4, 0.5) is 0 Å². The SMILES string of the molecule is C=C(C(=O)O[C@H]1C/C(C)=C/CC/C(CO)=C/[C@H]2OC(=O)C(=C)[C@H]12)C(O)CO. The fraction of sp³-hybridized carbons (Fsp3) is 0.500. The van der Waals surface area contributed by atoms with E-state index in [4.69, 9.17) is 14.6 Å². The van der Waals surface area contributed by atoms with Crippen LogP contribution in [0.3, 0.4) is 0 Å². The highest BCUT2D eigenvalue weighted by molar-refractivity contribution is 5.92. The molecule has 3 N–H and O–H groups in total. The highest BCUT2D eigenvalue weighted by atomic mass is 16.6. The van der Waals surface area contributed by atoms with Crippen LogP contribution in [0.2, 0.25) is 0 Å². The van der Waals surface area contributed by atoms with Gasteiger partial charge in [0.25, 0.3) is 0 Å². The van der Waals surface area contributed by atoms with Crippen molar-refractivity contribution in [1.29, 1.82) is 0 Å². The first-order valence-electron chi connectivity index (χ1n) is 8.83. The summed E-state index contributed by atoms with van der Waals surface area (Å²) in [6.45, 7) is 8.32. The van der Waals surface area contributed by atoms with Crippen LogP contribution in [0.25, 0.3) is 0 Å². The lowest BCUT2D eigenvalue weighted by molar-refractivity contribution is -0.148. The molecule has 7 heteroatoms. The Morgan fingerprint density at radius 1 is 1.44 bits per heavy atom. The maximum absolute atomic E-state index is 12.3. The van der Waals surface area contributed by atoms with Crippen LogP contribution in [-0.4, -0.2) is 58.8 Å². The Morgan fingerprint density at radius 3 is 2.78 bits per heavy atom. The average Bonchev–Trinajstić information content (AvgIpc) is 2.92. The van der Waals surface area contributed by atoms with Crippen LogP contribution in [0.15, 0.2) is 47.6 Å². The zero-order chi connectivity index (χ0) is 20.1. The van der Waals surface area contributed by atoms with Crippen molar-refractivity contribution >= 4 is 11.9 Å². The lowest BCUT2D eigenvalue weighted by atomic mass is 9.85. The van der Waals surface area contributed by atoms with E-state index in [9.17, 15) is 19.8 Å². The summed E-state index contributed by atoms with van der Waals surface area (Å²) >= 11 is 0. The molecule has 1 aliphatic carbocycles. The third-order valence-corrected chi connectivity index (χ3v) is 4.84. The van der Waals surface area contributed by atoms with Gasteiger partial charge in [-0.2, -0.15) is 0 Å². The molecule has 148 valence electrons. The second-order valence-corrected chi connectivity index (χ2v) is 6.86. The van der Waals surface area contributed by atoms with Crippen LogP contribution in [0, 0.1) is 5.92 Å². The molecule has 1 saturated heterocycles. The molecular weight excluding hydrogens is 352 g/mol. The molecule has 1 heterocycles. The van der Waals surface area contributed by atoms with E-state index in [2.05, 4.69) is 13.2 Å². The minimum atomic E-state index is -1.42. The van der Waals surface area contributed by atoms with Gasteiger partial charge in [0, 0.05) is 12.0 Å². The lowest BCUT2D eigenvalue weighted by Gasteiger charge is -2.28. The lowest BCUT2D eigenvalue weighted by Crippen LogP contribution is -2.35. The number of rotatable bonds is 5. The van der Waals surface area contributed by atoms with Crippen LogP contribution >= 0.6 is 0 Å². The normalized spacial score (nSPS) is 30.9. The van der Waals surface area contributed by atoms with Gasteiger partial charge in [-0.3, -0.25) is 0 Å². The standard InChI is InChI=1S/C20H26O7/c1-11-5-4-6-14(9-21)8-17-18(13(3)20(25)27-17)16(7-11)26-19(24)12(2)15(23)10-22/h5,8,15-18,21-23H,2-4,6-7,9-10H2,1H3/b11-5+,14-8-/t15?,16-,17+,18+/m0/s1. The topological polar surface area (TPSA) is 113 Å². The average molecular weight is 378 g/mol. The summed E-state index contributed by atoms with van der Waals surface area (Å²) in [7, 11) is 0. The van der Waals surface area contributed by atoms with E-state index in [0.29, 0.717) is 19.3 Å². The van der Waals surface area contributed by atoms with Gasteiger partial charge in [0.1, 0.15) is 18.3 Å². The van der Waals surface area contributed by atoms with E-state index in [-0.39, 0.29) is 17.8 Å². The number of esters is 2. The molecule has 27 heavy (non-hydrogen) atoms. The molecule has 0 aromatic heterocycles. The molecule has 0 spiro atoms. The molecule has 2 aliphatic rings. The van der Waals surface area contributed by atoms with Crippen molar-refractivity contribution in [3.05, 3.63) is 47.6 Å². The van der Waals surface area contributed by atoms with Crippen molar-refractivity contribution in [3.63, 3.8) is 0 Å². The summed E-state index contributed by atoms with van der Waals surface area (Å²) in [5.74, 6) is -2.05. The first kappa shape index (κ1) is 21.1. The summed E-state index contributed by atoms with van der Waals surface area (Å²) < 4.78 is 10.9. The minimum Gasteiger partial charge on any atom is -0.458 e. The third kappa shape index (κ3) is 4.94. The highest BCUT2D eigenvalue weighted by Gasteiger charge is 2.44. The maximum atomic E-state index is 12.3. The van der Waals surface area contributed by atoms with Crippen molar-refractivity contribution in [1.82, 2.24) is 0 Å². The van der Waals surface area contributed by atoms with Gasteiger partial charge in [-0.15, -0.1) is 0 Å². The van der Waals surface area contributed by atoms with E-state index >= 15 is 0 Å². The largest absolute Gasteiger partial charge is 0.458 e. The Bertz CT molecular complexity index is 688. The maximum Gasteiger partial charge on any atom is 0.336 e. The number of carbonyl (C=O) groups excluding carboxylic acids is 2. The first-order chi connectivity index (χ1) is 12.8. The quantitative estimate of drug-likeness (QED) is 0.371. The Labute approximate surface area is 158 Å². The van der Waals surface area contributed by atoms with Crippen molar-refractivity contribution in [2.75, 3.05) is 13.2 Å². The number of allylic oxidation sites excluding steroid dienone is 1. The predicted octanol–water partition coefficient (Wildman–Crippen LogP) is 0.954. The summed E-state index contributed by atoms with van der Waals surface area (Å²) in [5, 5.41) is 28.2. The highest BCUT2D eigenvalue weighted by Crippen LogP contribution is 2.36. The molecule has 1 aliphatic heterocycles. The number of fused-ring (bicyclic) bond motifs is 1. The number of ether oxygens (including phenoxy) is 2. The monoisotopic (exact) mass is 378 g/mol. The zero-order valence-electron chi connectivity index (χ0n) is 15.4. The molecule has 4 atom stereocenters. The summed E-state index contributed by atoms with van der Waals surface area (Å²) in [4.78, 5) is 24.4. The Morgan fingerprint density at radius 2 is 2.15 bits per heavy atom. The summed E-state index contributed by atoms with van der Waals surface area (Å²) in [6.07, 6.45) is 2.46. The van der Waals surface area contributed by atoms with Gasteiger partial charge in [0.15, 0.2) is 0 Å². The molecule has 0 bridgehead atoms. The Hall–Kier alpha value is -2.22. The van der Waals surface area contributed by atoms with Crippen LogP contribution < -0.4 is 0 Å². The molecule has 0 radical (unpaired) electrons. The van der Waals surface area contributed by atoms with Gasteiger partial charge in [0.05, 0.1) is 24.7 Å². The van der Waals surface area contributed by atoms with Gasteiger partial charge in [-0.05, 0) is 31.4 Å². The Balaban J connectivity index is 2.36. The smallest absolute Gasteiger partial charge is 0.336 e. The summed E-state index contributed by atoms with van der Waals surface area (Å²) in [6, 6.07) is 0. The fourth-order valence-electron chi connectivity index (χ4n) is 3.23. The third-order valence-electron chi connectivity index (χ3n) is 4.84. The number of aliphatic hydroxyl groups is 3. The molecule has 7 nitrogen and oxygen atoms in total. The van der Waals surface area contributed by atoms with Crippen LogP contribution in [0.5, 0.6) is 0 Å². The van der Waals surface area contributed by atoms with Crippen molar-refractivity contribution in [3.8, 4) is 0 Å². The molecule has 0 aromatic rings. The molecule has 1 unspecified atom stereocenters. The van der Waals surface area contributed by atoms with Crippen LogP contribution in [0.1, 0.15) is 26.2 Å². The van der Waals surface area contributed by atoms with E-state index in [0.717, 1.165) is 11.1 Å². The van der Waals surface area contributed by atoms with Gasteiger partial charge < -0.3 is 24.8 Å². The number of hydrogen-bond donors (Lipinski definition) is 3. The molecule has 0 amide bonds. The van der Waals surface area contributed by atoms with E-state index in [1.165, 1.54) is 0 Å². The van der Waals surface area contributed by atoms with E-state index in [1.54, 1.807) is 6.08 Å². The Kier molecular flexibility index (Phi) is 7.12. The van der Waals surface area contributed by atoms with Crippen molar-refractivity contribution in [2.24, 2.45) is 5.92 Å². The van der Waals surface area contributed by atoms with E-state index < -0.39 is 42.8 Å². The molecule has 1 fully saturated rings. The van der Waals surface area contributed by atoms with E-state index in [1.807, 2.05) is 13.0 Å². The van der Waals surface area contributed by atoms with Gasteiger partial charge in [0.2, 0.25) is 0 Å². The van der Waals surface area contributed by atoms with Crippen LogP contribution in [-0.2, 0) is 19.1 Å². The van der Waals surface area contributed by atoms with Gasteiger partial charge >= 0.3 is 11.9 Å². The molecule has 0 aromatic carbocycles. The van der Waals surface area contributed by atoms with Crippen molar-refractivity contribution < 1.29 is 34.4 Å². The fourth-order valence-corrected chi connectivity index (χ4v) is 3.23. The number of hydrogen-bond acceptors (Lipinski definition) is 7. The molecular formula is C20H26O7. The second kappa shape index (κ2) is 9.12. The summed E-state index contributed by atoms with van der Waals surface area (Å²) in [5.41, 5.74) is 1.60. The van der Waals surface area contributed by atoms with Gasteiger partial charge in [-0.1, -0.05) is 24.8 Å². The van der Waals surface area contributed by atoms with Gasteiger partial charge in [-0.25, -0.2) is 9.59 Å².